The molecule has 0 atom stereocenters. The predicted octanol–water partition coefficient (Wildman–Crippen LogP) is 2.76. The summed E-state index contributed by atoms with van der Waals surface area (Å²) in [5.74, 6) is 0. The van der Waals surface area contributed by atoms with Crippen LogP contribution in [0.5, 0.6) is 0 Å². The number of aliphatic imine (C=N–C) groups is 1. The fraction of sp³-hybridized carbons (Fsp3) is 0.364. The molecule has 0 saturated carbocycles. The van der Waals surface area contributed by atoms with Crippen LogP contribution in [-0.2, 0) is 0 Å². The van der Waals surface area contributed by atoms with Gasteiger partial charge in [0.2, 0.25) is 0 Å². The van der Waals surface area contributed by atoms with Crippen molar-refractivity contribution in [3.63, 3.8) is 0 Å². The van der Waals surface area contributed by atoms with Gasteiger partial charge in [-0.25, -0.2) is 0 Å². The van der Waals surface area contributed by atoms with Crippen molar-refractivity contribution in [3.05, 3.63) is 23.9 Å². The Hall–Kier alpha value is -1.51. The van der Waals surface area contributed by atoms with Crippen LogP contribution >= 0.6 is 0 Å². The van der Waals surface area contributed by atoms with Crippen LogP contribution in [0.3, 0.4) is 0 Å². The first-order valence-electron chi connectivity index (χ1n) is 4.56. The summed E-state index contributed by atoms with van der Waals surface area (Å²) in [6.45, 7) is 11.4. The van der Waals surface area contributed by atoms with E-state index in [1.165, 1.54) is 0 Å². The van der Waals surface area contributed by atoms with Gasteiger partial charge in [-0.3, -0.25) is 4.99 Å². The van der Waals surface area contributed by atoms with Gasteiger partial charge in [-0.2, -0.15) is 10.2 Å². The second kappa shape index (κ2) is 4.13. The van der Waals surface area contributed by atoms with Crippen LogP contribution in [0, 0.1) is 0 Å². The maximum absolute atomic E-state index is 4.36. The first-order valence-corrected chi connectivity index (χ1v) is 4.56. The van der Waals surface area contributed by atoms with Gasteiger partial charge in [-0.15, -0.1) is 0 Å². The second-order valence-electron chi connectivity index (χ2n) is 3.27. The average Bonchev–Trinajstić information content (AvgIpc) is 2.11. The number of nitrogens with zero attached hydrogens (tertiary/aromatic N) is 3. The number of hydrogen-bond acceptors (Lipinski definition) is 3. The van der Waals surface area contributed by atoms with Crippen molar-refractivity contribution in [1.29, 1.82) is 0 Å². The SMILES string of the molecule is C=C(C)N=C1C(C)=NN=C(C)/C1=C/C. The molecule has 0 aromatic rings. The Morgan fingerprint density at radius 2 is 1.86 bits per heavy atom. The molecule has 74 valence electrons. The normalized spacial score (nSPS) is 22.3. The highest BCUT2D eigenvalue weighted by Crippen LogP contribution is 2.11. The van der Waals surface area contributed by atoms with Gasteiger partial charge in [0.1, 0.15) is 0 Å². The van der Waals surface area contributed by atoms with Gasteiger partial charge in [-0.05, 0) is 27.7 Å². The Bertz CT molecular complexity index is 381. The molecule has 0 saturated heterocycles. The Labute approximate surface area is 84.7 Å². The van der Waals surface area contributed by atoms with Crippen LogP contribution in [0.25, 0.3) is 0 Å². The lowest BCUT2D eigenvalue weighted by Gasteiger charge is -2.13. The van der Waals surface area contributed by atoms with E-state index < -0.39 is 0 Å². The van der Waals surface area contributed by atoms with Crippen molar-refractivity contribution >= 4 is 17.1 Å². The molecule has 3 heteroatoms. The second-order valence-corrected chi connectivity index (χ2v) is 3.27. The average molecular weight is 189 g/mol. The van der Waals surface area contributed by atoms with E-state index in [1.54, 1.807) is 0 Å². The third-order valence-corrected chi connectivity index (χ3v) is 1.93. The van der Waals surface area contributed by atoms with E-state index in [4.69, 9.17) is 0 Å². The monoisotopic (exact) mass is 189 g/mol. The minimum atomic E-state index is 0.781. The molecule has 0 amide bonds. The van der Waals surface area contributed by atoms with E-state index in [-0.39, 0.29) is 0 Å². The van der Waals surface area contributed by atoms with Gasteiger partial charge in [0, 0.05) is 11.3 Å². The highest BCUT2D eigenvalue weighted by atomic mass is 15.2. The van der Waals surface area contributed by atoms with E-state index in [2.05, 4.69) is 21.8 Å². The standard InChI is InChI=1S/C11H15N3/c1-6-10-8(4)13-14-9(5)11(10)12-7(2)3/h6H,2H2,1,3-5H3/b10-6-,12-11?. The van der Waals surface area contributed by atoms with Gasteiger partial charge in [0.25, 0.3) is 0 Å². The molecule has 0 unspecified atom stereocenters. The van der Waals surface area contributed by atoms with E-state index in [0.29, 0.717) is 0 Å². The highest BCUT2D eigenvalue weighted by molar-refractivity contribution is 6.54. The maximum atomic E-state index is 4.36. The fourth-order valence-corrected chi connectivity index (χ4v) is 1.30. The first-order chi connectivity index (χ1) is 6.56. The quantitative estimate of drug-likeness (QED) is 0.608. The Morgan fingerprint density at radius 3 is 2.36 bits per heavy atom. The molecule has 0 aromatic carbocycles. The largest absolute Gasteiger partial charge is 0.252 e. The fourth-order valence-electron chi connectivity index (χ4n) is 1.30. The van der Waals surface area contributed by atoms with Crippen LogP contribution in [0.1, 0.15) is 27.7 Å². The Balaban J connectivity index is 3.24. The molecule has 1 rings (SSSR count). The van der Waals surface area contributed by atoms with Crippen molar-refractivity contribution in [2.75, 3.05) is 0 Å². The predicted molar refractivity (Wildman–Crippen MR) is 62.2 cm³/mol. The zero-order chi connectivity index (χ0) is 10.7. The smallest absolute Gasteiger partial charge is 0.0951 e. The van der Waals surface area contributed by atoms with E-state index >= 15 is 0 Å². The third-order valence-electron chi connectivity index (χ3n) is 1.93. The van der Waals surface area contributed by atoms with Gasteiger partial charge >= 0.3 is 0 Å². The zero-order valence-corrected chi connectivity index (χ0v) is 9.13. The first kappa shape index (κ1) is 10.6. The van der Waals surface area contributed by atoms with Crippen LogP contribution in [0.4, 0.5) is 0 Å². The molecule has 1 heterocycles. The molecule has 0 aromatic heterocycles. The Morgan fingerprint density at radius 1 is 1.29 bits per heavy atom. The number of allylic oxidation sites excluding steroid dienone is 3. The molecule has 0 aliphatic carbocycles. The third kappa shape index (κ3) is 2.05. The van der Waals surface area contributed by atoms with Gasteiger partial charge in [0.15, 0.2) is 0 Å². The van der Waals surface area contributed by atoms with Crippen molar-refractivity contribution in [2.24, 2.45) is 15.2 Å². The van der Waals surface area contributed by atoms with Crippen LogP contribution in [-0.4, -0.2) is 17.1 Å². The van der Waals surface area contributed by atoms with Crippen molar-refractivity contribution in [2.45, 2.75) is 27.7 Å². The lowest BCUT2D eigenvalue weighted by atomic mass is 10.0. The summed E-state index contributed by atoms with van der Waals surface area (Å²) >= 11 is 0. The van der Waals surface area contributed by atoms with Crippen LogP contribution in [0.2, 0.25) is 0 Å². The van der Waals surface area contributed by atoms with Crippen molar-refractivity contribution in [3.8, 4) is 0 Å². The molecule has 0 radical (unpaired) electrons. The minimum Gasteiger partial charge on any atom is -0.252 e. The van der Waals surface area contributed by atoms with E-state index in [0.717, 1.165) is 28.4 Å². The zero-order valence-electron chi connectivity index (χ0n) is 9.13. The highest BCUT2D eigenvalue weighted by Gasteiger charge is 2.16. The van der Waals surface area contributed by atoms with Crippen LogP contribution < -0.4 is 0 Å². The van der Waals surface area contributed by atoms with E-state index in [9.17, 15) is 0 Å². The molecule has 0 fully saturated rings. The molecular weight excluding hydrogens is 174 g/mol. The van der Waals surface area contributed by atoms with Crippen LogP contribution in [0.15, 0.2) is 39.1 Å². The van der Waals surface area contributed by atoms with Gasteiger partial charge in [-0.1, -0.05) is 12.7 Å². The number of hydrogen-bond donors (Lipinski definition) is 0. The van der Waals surface area contributed by atoms with Crippen molar-refractivity contribution in [1.82, 2.24) is 0 Å². The van der Waals surface area contributed by atoms with Gasteiger partial charge in [0.05, 0.1) is 17.1 Å². The van der Waals surface area contributed by atoms with E-state index in [1.807, 2.05) is 33.8 Å². The molecule has 14 heavy (non-hydrogen) atoms. The summed E-state index contributed by atoms with van der Waals surface area (Å²) in [7, 11) is 0. The molecule has 0 N–H and O–H groups in total. The summed E-state index contributed by atoms with van der Waals surface area (Å²) in [4.78, 5) is 4.36. The molecule has 1 aliphatic rings. The molecule has 1 aliphatic heterocycles. The Kier molecular flexibility index (Phi) is 3.12. The maximum Gasteiger partial charge on any atom is 0.0951 e. The van der Waals surface area contributed by atoms with Crippen molar-refractivity contribution < 1.29 is 0 Å². The molecule has 3 nitrogen and oxygen atoms in total. The van der Waals surface area contributed by atoms with Gasteiger partial charge < -0.3 is 0 Å². The molecule has 0 spiro atoms. The lowest BCUT2D eigenvalue weighted by Crippen LogP contribution is -2.21. The summed E-state index contributed by atoms with van der Waals surface area (Å²) in [6.07, 6.45) is 2.00. The molecular formula is C11H15N3. The summed E-state index contributed by atoms with van der Waals surface area (Å²) in [5.41, 5.74) is 4.45. The topological polar surface area (TPSA) is 37.1 Å². The minimum absolute atomic E-state index is 0.781. The lowest BCUT2D eigenvalue weighted by molar-refractivity contribution is 1.21. The summed E-state index contributed by atoms with van der Waals surface area (Å²) < 4.78 is 0. The summed E-state index contributed by atoms with van der Waals surface area (Å²) in [5, 5.41) is 8.08. The summed E-state index contributed by atoms with van der Waals surface area (Å²) in [6, 6.07) is 0. The number of rotatable bonds is 1. The molecule has 0 bridgehead atoms.